The number of allylic oxidation sites excluding steroid dienone is 2. The molecule has 0 rings (SSSR count). The fourth-order valence-electron chi connectivity index (χ4n) is 2.74. The summed E-state index contributed by atoms with van der Waals surface area (Å²) in [7, 11) is 0. The average molecular weight is 415 g/mol. The van der Waals surface area contributed by atoms with Crippen LogP contribution in [0.2, 0.25) is 0 Å². The second kappa shape index (κ2) is 24.2. The van der Waals surface area contributed by atoms with E-state index in [0.29, 0.717) is 6.42 Å². The number of rotatable bonds is 19. The lowest BCUT2D eigenvalue weighted by molar-refractivity contribution is -0.139. The Kier molecular flexibility index (Phi) is 24.5. The Bertz CT molecular complexity index is 417. The van der Waals surface area contributed by atoms with Gasteiger partial charge in [-0.05, 0) is 38.5 Å². The summed E-state index contributed by atoms with van der Waals surface area (Å²) in [5.41, 5.74) is 0. The molecule has 3 N–H and O–H groups in total. The molecule has 0 aliphatic rings. The van der Waals surface area contributed by atoms with Gasteiger partial charge in [0.15, 0.2) is 0 Å². The highest BCUT2D eigenvalue weighted by Gasteiger charge is 1.99. The summed E-state index contributed by atoms with van der Waals surface area (Å²) < 4.78 is 0. The summed E-state index contributed by atoms with van der Waals surface area (Å²) in [4.78, 5) is 29.9. The first kappa shape index (κ1) is 29.4. The molecule has 0 aromatic rings. The third kappa shape index (κ3) is 34.1. The van der Waals surface area contributed by atoms with Gasteiger partial charge in [-0.1, -0.05) is 70.4 Å². The summed E-state index contributed by atoms with van der Waals surface area (Å²) in [6, 6.07) is 0. The van der Waals surface area contributed by atoms with E-state index in [4.69, 9.17) is 15.3 Å². The van der Waals surface area contributed by atoms with E-state index in [1.54, 1.807) is 0 Å². The van der Waals surface area contributed by atoms with Crippen LogP contribution in [0.25, 0.3) is 0 Å². The first-order valence-corrected chi connectivity index (χ1v) is 11.2. The maximum atomic E-state index is 10.3. The highest BCUT2D eigenvalue weighted by molar-refractivity contribution is 5.69. The number of hydrogen-bond acceptors (Lipinski definition) is 3. The Morgan fingerprint density at radius 2 is 0.862 bits per heavy atom. The van der Waals surface area contributed by atoms with E-state index in [0.717, 1.165) is 12.8 Å². The van der Waals surface area contributed by atoms with E-state index >= 15 is 0 Å². The van der Waals surface area contributed by atoms with Gasteiger partial charge in [-0.15, -0.1) is 0 Å². The molecule has 0 aromatic heterocycles. The van der Waals surface area contributed by atoms with Crippen LogP contribution < -0.4 is 0 Å². The minimum absolute atomic E-state index is 0.0632. The second-order valence-corrected chi connectivity index (χ2v) is 7.37. The predicted octanol–water partition coefficient (Wildman–Crippen LogP) is 6.43. The highest BCUT2D eigenvalue weighted by Crippen LogP contribution is 2.09. The van der Waals surface area contributed by atoms with Gasteiger partial charge in [0.05, 0.1) is 0 Å². The van der Waals surface area contributed by atoms with E-state index in [1.165, 1.54) is 70.6 Å². The van der Waals surface area contributed by atoms with Gasteiger partial charge in [-0.2, -0.15) is 0 Å². The third-order valence-corrected chi connectivity index (χ3v) is 4.43. The van der Waals surface area contributed by atoms with Crippen LogP contribution in [0.1, 0.15) is 116 Å². The zero-order chi connectivity index (χ0) is 22.2. The van der Waals surface area contributed by atoms with Crippen LogP contribution in [-0.4, -0.2) is 33.2 Å². The van der Waals surface area contributed by atoms with E-state index in [-0.39, 0.29) is 19.3 Å². The average Bonchev–Trinajstić information content (AvgIpc) is 2.64. The first-order chi connectivity index (χ1) is 13.9. The predicted molar refractivity (Wildman–Crippen MR) is 116 cm³/mol. The highest BCUT2D eigenvalue weighted by atomic mass is 16.4. The van der Waals surface area contributed by atoms with Crippen LogP contribution in [0.4, 0.5) is 0 Å². The van der Waals surface area contributed by atoms with Crippen molar-refractivity contribution in [3.05, 3.63) is 12.2 Å². The van der Waals surface area contributed by atoms with Crippen LogP contribution >= 0.6 is 0 Å². The third-order valence-electron chi connectivity index (χ3n) is 4.43. The first-order valence-electron chi connectivity index (χ1n) is 11.2. The molecule has 0 aromatic carbocycles. The fourth-order valence-corrected chi connectivity index (χ4v) is 2.74. The van der Waals surface area contributed by atoms with Crippen molar-refractivity contribution in [2.75, 3.05) is 0 Å². The Morgan fingerprint density at radius 1 is 0.517 bits per heavy atom. The standard InChI is InChI=1S/C18H34O2.C5H8O4/c1-2-3-4-5-6-7-8-9-10-11-12-13-14-15-16-17-18(19)20;6-4(7)2-1-3-5(8)9/h9-10H,2-8,11-17H2,1H3,(H,19,20);1-3H2,(H,6,7)(H,8,9)/b10-9-;. The summed E-state index contributed by atoms with van der Waals surface area (Å²) in [6.45, 7) is 2.26. The molecule has 0 aliphatic carbocycles. The van der Waals surface area contributed by atoms with Crippen molar-refractivity contribution < 1.29 is 29.7 Å². The van der Waals surface area contributed by atoms with E-state index in [2.05, 4.69) is 19.1 Å². The number of carboxylic acid groups (broad SMARTS) is 3. The molecular formula is C23H42O6. The van der Waals surface area contributed by atoms with Crippen molar-refractivity contribution in [1.29, 1.82) is 0 Å². The van der Waals surface area contributed by atoms with Gasteiger partial charge in [0.25, 0.3) is 0 Å². The van der Waals surface area contributed by atoms with Gasteiger partial charge >= 0.3 is 17.9 Å². The molecule has 170 valence electrons. The monoisotopic (exact) mass is 414 g/mol. The second-order valence-electron chi connectivity index (χ2n) is 7.37. The molecule has 0 aliphatic heterocycles. The number of carboxylic acids is 3. The molecule has 0 spiro atoms. The van der Waals surface area contributed by atoms with Crippen molar-refractivity contribution in [3.8, 4) is 0 Å². The van der Waals surface area contributed by atoms with Gasteiger partial charge < -0.3 is 15.3 Å². The number of unbranched alkanes of at least 4 members (excludes halogenated alkanes) is 11. The molecule has 0 bridgehead atoms. The van der Waals surface area contributed by atoms with Gasteiger partial charge in [0.2, 0.25) is 0 Å². The Labute approximate surface area is 176 Å². The van der Waals surface area contributed by atoms with Crippen LogP contribution in [0.5, 0.6) is 0 Å². The molecule has 0 saturated carbocycles. The van der Waals surface area contributed by atoms with Crippen LogP contribution in [0, 0.1) is 0 Å². The normalized spacial score (nSPS) is 10.5. The van der Waals surface area contributed by atoms with Crippen LogP contribution in [0.3, 0.4) is 0 Å². The largest absolute Gasteiger partial charge is 0.481 e. The molecule has 6 heteroatoms. The quantitative estimate of drug-likeness (QED) is 0.166. The molecule has 0 radical (unpaired) electrons. The molecular weight excluding hydrogens is 372 g/mol. The van der Waals surface area contributed by atoms with Crippen molar-refractivity contribution in [2.45, 2.75) is 116 Å². The molecule has 0 unspecified atom stereocenters. The van der Waals surface area contributed by atoms with Gasteiger partial charge in [0.1, 0.15) is 0 Å². The van der Waals surface area contributed by atoms with Crippen molar-refractivity contribution in [1.82, 2.24) is 0 Å². The zero-order valence-electron chi connectivity index (χ0n) is 18.2. The van der Waals surface area contributed by atoms with Crippen LogP contribution in [-0.2, 0) is 14.4 Å². The van der Waals surface area contributed by atoms with Gasteiger partial charge in [0, 0.05) is 19.3 Å². The molecule has 0 saturated heterocycles. The topological polar surface area (TPSA) is 112 Å². The minimum atomic E-state index is -0.948. The lowest BCUT2D eigenvalue weighted by atomic mass is 10.1. The van der Waals surface area contributed by atoms with E-state index in [9.17, 15) is 14.4 Å². The molecule has 0 atom stereocenters. The number of carbonyl (C=O) groups is 3. The van der Waals surface area contributed by atoms with Crippen LogP contribution in [0.15, 0.2) is 12.2 Å². The molecule has 6 nitrogen and oxygen atoms in total. The summed E-state index contributed by atoms with van der Waals surface area (Å²) in [5, 5.41) is 24.6. The van der Waals surface area contributed by atoms with E-state index in [1.807, 2.05) is 0 Å². The lowest BCUT2D eigenvalue weighted by Crippen LogP contribution is -1.98. The fraction of sp³-hybridized carbons (Fsp3) is 0.783. The SMILES string of the molecule is CCCCCCCC/C=C\CCCCCCCC(=O)O.O=C(O)CCCC(=O)O. The van der Waals surface area contributed by atoms with Gasteiger partial charge in [-0.25, -0.2) is 0 Å². The summed E-state index contributed by atoms with van der Waals surface area (Å²) >= 11 is 0. The molecule has 0 fully saturated rings. The smallest absolute Gasteiger partial charge is 0.303 e. The maximum Gasteiger partial charge on any atom is 0.303 e. The lowest BCUT2D eigenvalue weighted by Gasteiger charge is -1.99. The molecule has 0 heterocycles. The summed E-state index contributed by atoms with van der Waals surface area (Å²) in [5.74, 6) is -2.56. The van der Waals surface area contributed by atoms with Crippen molar-refractivity contribution in [2.24, 2.45) is 0 Å². The molecule has 29 heavy (non-hydrogen) atoms. The number of aliphatic carboxylic acids is 3. The maximum absolute atomic E-state index is 10.3. The zero-order valence-corrected chi connectivity index (χ0v) is 18.2. The van der Waals surface area contributed by atoms with Crippen molar-refractivity contribution >= 4 is 17.9 Å². The summed E-state index contributed by atoms with van der Waals surface area (Å²) in [6.07, 6.45) is 21.3. The minimum Gasteiger partial charge on any atom is -0.481 e. The Morgan fingerprint density at radius 3 is 1.28 bits per heavy atom. The Balaban J connectivity index is 0. The van der Waals surface area contributed by atoms with Crippen molar-refractivity contribution in [3.63, 3.8) is 0 Å². The number of hydrogen-bond donors (Lipinski definition) is 3. The Hall–Kier alpha value is -1.85. The van der Waals surface area contributed by atoms with Gasteiger partial charge in [-0.3, -0.25) is 14.4 Å². The molecule has 0 amide bonds. The van der Waals surface area contributed by atoms with E-state index < -0.39 is 17.9 Å².